The monoisotopic (exact) mass is 458 g/mol. The highest BCUT2D eigenvalue weighted by atomic mass is 79.9. The fourth-order valence-corrected chi connectivity index (χ4v) is 3.78. The summed E-state index contributed by atoms with van der Waals surface area (Å²) in [6.07, 6.45) is 0.774. The summed E-state index contributed by atoms with van der Waals surface area (Å²) in [4.78, 5) is 25.1. The first-order valence-electron chi connectivity index (χ1n) is 7.90. The number of thiophene rings is 1. The molecule has 0 saturated heterocycles. The third-order valence-corrected chi connectivity index (χ3v) is 5.57. The maximum Gasteiger partial charge on any atom is 0.262 e. The van der Waals surface area contributed by atoms with E-state index in [1.165, 1.54) is 11.3 Å². The van der Waals surface area contributed by atoms with E-state index in [1.54, 1.807) is 31.2 Å². The minimum atomic E-state index is -0.740. The molecule has 2 heterocycles. The predicted molar refractivity (Wildman–Crippen MR) is 105 cm³/mol. The van der Waals surface area contributed by atoms with Crippen LogP contribution in [0.3, 0.4) is 0 Å². The van der Waals surface area contributed by atoms with Crippen molar-refractivity contribution < 1.29 is 19.1 Å². The van der Waals surface area contributed by atoms with Crippen LogP contribution in [0.5, 0.6) is 11.5 Å². The molecule has 1 atom stereocenters. The Kier molecular flexibility index (Phi) is 6.05. The van der Waals surface area contributed by atoms with Crippen LogP contribution in [-0.2, 0) is 4.79 Å². The molecule has 1 unspecified atom stereocenters. The molecule has 1 aliphatic rings. The Hall–Kier alpha value is -1.77. The lowest BCUT2D eigenvalue weighted by Gasteiger charge is -2.16. The number of fused-ring (bicyclic) bond motifs is 1. The van der Waals surface area contributed by atoms with E-state index in [0.29, 0.717) is 40.3 Å². The highest BCUT2D eigenvalue weighted by Crippen LogP contribution is 2.37. The molecule has 2 amide bonds. The number of carbonyl (C=O) groups excluding carboxylic acids is 2. The van der Waals surface area contributed by atoms with Crippen LogP contribution in [0.15, 0.2) is 28.1 Å². The number of nitrogens with one attached hydrogen (secondary N) is 2. The number of ether oxygens (including phenoxy) is 2. The fraction of sp³-hybridized carbons (Fsp3) is 0.294. The number of halogens is 2. The minimum absolute atomic E-state index is 0.312. The van der Waals surface area contributed by atoms with Crippen molar-refractivity contribution in [1.82, 2.24) is 5.32 Å². The molecule has 6 nitrogen and oxygen atoms in total. The average molecular weight is 460 g/mol. The first kappa shape index (κ1) is 19.0. The van der Waals surface area contributed by atoms with Crippen molar-refractivity contribution in [3.8, 4) is 11.5 Å². The van der Waals surface area contributed by atoms with E-state index in [4.69, 9.17) is 21.1 Å². The molecule has 3 rings (SSSR count). The SMILES string of the molecule is CC(NC(=O)c1ccc(Br)s1)C(=O)Nc1cc2c(cc1Cl)OCCCO2. The summed E-state index contributed by atoms with van der Waals surface area (Å²) >= 11 is 10.8. The van der Waals surface area contributed by atoms with Gasteiger partial charge in [0.1, 0.15) is 6.04 Å². The maximum absolute atomic E-state index is 12.4. The minimum Gasteiger partial charge on any atom is -0.490 e. The zero-order valence-corrected chi connectivity index (χ0v) is 17.0. The van der Waals surface area contributed by atoms with Crippen molar-refractivity contribution in [3.05, 3.63) is 38.0 Å². The topological polar surface area (TPSA) is 76.7 Å². The Labute approximate surface area is 167 Å². The van der Waals surface area contributed by atoms with Gasteiger partial charge in [-0.15, -0.1) is 11.3 Å². The fourth-order valence-electron chi connectivity index (χ4n) is 2.29. The first-order chi connectivity index (χ1) is 12.4. The van der Waals surface area contributed by atoms with E-state index in [0.717, 1.165) is 10.2 Å². The van der Waals surface area contributed by atoms with Crippen LogP contribution in [0.2, 0.25) is 5.02 Å². The summed E-state index contributed by atoms with van der Waals surface area (Å²) in [6.45, 7) is 2.69. The van der Waals surface area contributed by atoms with Gasteiger partial charge in [-0.25, -0.2) is 0 Å². The summed E-state index contributed by atoms with van der Waals surface area (Å²) in [5.41, 5.74) is 0.404. The first-order valence-corrected chi connectivity index (χ1v) is 9.89. The zero-order valence-electron chi connectivity index (χ0n) is 13.8. The summed E-state index contributed by atoms with van der Waals surface area (Å²) in [5.74, 6) is 0.385. The molecule has 1 aliphatic heterocycles. The highest BCUT2D eigenvalue weighted by Gasteiger charge is 2.20. The van der Waals surface area contributed by atoms with E-state index in [-0.39, 0.29) is 11.8 Å². The lowest BCUT2D eigenvalue weighted by atomic mass is 10.2. The maximum atomic E-state index is 12.4. The average Bonchev–Trinajstić information content (AvgIpc) is 2.91. The molecule has 1 aromatic carbocycles. The van der Waals surface area contributed by atoms with Gasteiger partial charge in [0, 0.05) is 18.6 Å². The van der Waals surface area contributed by atoms with E-state index in [1.807, 2.05) is 0 Å². The number of anilines is 1. The lowest BCUT2D eigenvalue weighted by molar-refractivity contribution is -0.117. The summed E-state index contributed by atoms with van der Waals surface area (Å²) in [5, 5.41) is 5.71. The predicted octanol–water partition coefficient (Wildman–Crippen LogP) is 4.08. The summed E-state index contributed by atoms with van der Waals surface area (Å²) < 4.78 is 12.0. The van der Waals surface area contributed by atoms with Gasteiger partial charge in [0.2, 0.25) is 5.91 Å². The number of hydrogen-bond donors (Lipinski definition) is 2. The van der Waals surface area contributed by atoms with Crippen molar-refractivity contribution in [2.24, 2.45) is 0 Å². The molecule has 1 aromatic heterocycles. The molecule has 0 radical (unpaired) electrons. The van der Waals surface area contributed by atoms with Crippen LogP contribution in [-0.4, -0.2) is 31.1 Å². The standard InChI is InChI=1S/C17H16BrClN2O4S/c1-9(20-17(23)14-3-4-15(18)26-14)16(22)21-11-8-13-12(7-10(11)19)24-5-2-6-25-13/h3-4,7-9H,2,5-6H2,1H3,(H,20,23)(H,21,22). The second kappa shape index (κ2) is 8.28. The molecule has 0 spiro atoms. The largest absolute Gasteiger partial charge is 0.490 e. The smallest absolute Gasteiger partial charge is 0.262 e. The van der Waals surface area contributed by atoms with Crippen LogP contribution < -0.4 is 20.1 Å². The summed E-state index contributed by atoms with van der Waals surface area (Å²) in [6, 6.07) is 5.98. The van der Waals surface area contributed by atoms with E-state index in [2.05, 4.69) is 26.6 Å². The number of amides is 2. The van der Waals surface area contributed by atoms with Crippen LogP contribution in [0.25, 0.3) is 0 Å². The normalized spacial score (nSPS) is 14.3. The van der Waals surface area contributed by atoms with Gasteiger partial charge in [-0.2, -0.15) is 0 Å². The van der Waals surface area contributed by atoms with Crippen molar-refractivity contribution in [1.29, 1.82) is 0 Å². The lowest BCUT2D eigenvalue weighted by Crippen LogP contribution is -2.41. The van der Waals surface area contributed by atoms with E-state index >= 15 is 0 Å². The molecule has 0 saturated carbocycles. The molecule has 2 aromatic rings. The second-order valence-electron chi connectivity index (χ2n) is 5.62. The number of rotatable bonds is 4. The molecular weight excluding hydrogens is 444 g/mol. The van der Waals surface area contributed by atoms with Gasteiger partial charge >= 0.3 is 0 Å². The second-order valence-corrected chi connectivity index (χ2v) is 8.49. The quantitative estimate of drug-likeness (QED) is 0.722. The van der Waals surface area contributed by atoms with Gasteiger partial charge in [-0.1, -0.05) is 11.6 Å². The van der Waals surface area contributed by atoms with Crippen molar-refractivity contribution in [3.63, 3.8) is 0 Å². The van der Waals surface area contributed by atoms with E-state index < -0.39 is 6.04 Å². The number of benzene rings is 1. The molecule has 0 bridgehead atoms. The van der Waals surface area contributed by atoms with Crippen LogP contribution in [0.1, 0.15) is 23.0 Å². The van der Waals surface area contributed by atoms with Gasteiger partial charge in [-0.3, -0.25) is 9.59 Å². The van der Waals surface area contributed by atoms with E-state index in [9.17, 15) is 9.59 Å². The van der Waals surface area contributed by atoms with Crippen LogP contribution in [0, 0.1) is 0 Å². The molecule has 26 heavy (non-hydrogen) atoms. The number of carbonyl (C=O) groups is 2. The van der Waals surface area contributed by atoms with Crippen LogP contribution >= 0.6 is 38.9 Å². The summed E-state index contributed by atoms with van der Waals surface area (Å²) in [7, 11) is 0. The molecule has 138 valence electrons. The molecule has 0 aliphatic carbocycles. The Morgan fingerprint density at radius 2 is 1.92 bits per heavy atom. The Morgan fingerprint density at radius 1 is 1.23 bits per heavy atom. The van der Waals surface area contributed by atoms with Crippen LogP contribution in [0.4, 0.5) is 5.69 Å². The van der Waals surface area contributed by atoms with Crippen molar-refractivity contribution in [2.75, 3.05) is 18.5 Å². The molecule has 0 fully saturated rings. The third kappa shape index (κ3) is 4.49. The Morgan fingerprint density at radius 3 is 2.58 bits per heavy atom. The van der Waals surface area contributed by atoms with Gasteiger partial charge in [-0.05, 0) is 35.0 Å². The molecule has 9 heteroatoms. The molecule has 2 N–H and O–H groups in total. The number of hydrogen-bond acceptors (Lipinski definition) is 5. The Bertz CT molecular complexity index is 842. The van der Waals surface area contributed by atoms with Crippen molar-refractivity contribution >= 4 is 56.4 Å². The molecular formula is C17H16BrClN2O4S. The zero-order chi connectivity index (χ0) is 18.7. The van der Waals surface area contributed by atoms with Gasteiger partial charge in [0.15, 0.2) is 11.5 Å². The van der Waals surface area contributed by atoms with Gasteiger partial charge in [0.25, 0.3) is 5.91 Å². The van der Waals surface area contributed by atoms with Gasteiger partial charge < -0.3 is 20.1 Å². The Balaban J connectivity index is 1.67. The third-order valence-electron chi connectivity index (χ3n) is 3.63. The van der Waals surface area contributed by atoms with Crippen molar-refractivity contribution in [2.45, 2.75) is 19.4 Å². The van der Waals surface area contributed by atoms with Gasteiger partial charge in [0.05, 0.1) is 32.6 Å². The highest BCUT2D eigenvalue weighted by molar-refractivity contribution is 9.11.